The summed E-state index contributed by atoms with van der Waals surface area (Å²) in [6.45, 7) is 4.54. The molecule has 0 saturated heterocycles. The van der Waals surface area contributed by atoms with Crippen molar-refractivity contribution in [3.8, 4) is 5.75 Å². The Kier molecular flexibility index (Phi) is 5.87. The maximum Gasteiger partial charge on any atom is 0.120 e. The molecule has 0 bridgehead atoms. The van der Waals surface area contributed by atoms with Gasteiger partial charge in [-0.1, -0.05) is 17.8 Å². The van der Waals surface area contributed by atoms with Gasteiger partial charge in [0.25, 0.3) is 0 Å². The van der Waals surface area contributed by atoms with Gasteiger partial charge in [0.05, 0.1) is 12.4 Å². The van der Waals surface area contributed by atoms with Crippen LogP contribution in [0.5, 0.6) is 5.75 Å². The number of halogens is 2. The fourth-order valence-corrected chi connectivity index (χ4v) is 2.32. The van der Waals surface area contributed by atoms with E-state index in [0.717, 1.165) is 0 Å². The Balaban J connectivity index is 0.00000176. The minimum absolute atomic E-state index is 0. The third kappa shape index (κ3) is 3.82. The second-order valence-electron chi connectivity index (χ2n) is 5.39. The summed E-state index contributed by atoms with van der Waals surface area (Å²) in [4.78, 5) is 1.73. The van der Waals surface area contributed by atoms with Crippen LogP contribution in [0.3, 0.4) is 0 Å². The van der Waals surface area contributed by atoms with Crippen molar-refractivity contribution in [2.75, 3.05) is 13.7 Å². The van der Waals surface area contributed by atoms with Gasteiger partial charge in [-0.2, -0.15) is 23.8 Å². The molecule has 3 rings (SSSR count). The van der Waals surface area contributed by atoms with Gasteiger partial charge in [0, 0.05) is 45.8 Å². The minimum atomic E-state index is -0.336. The summed E-state index contributed by atoms with van der Waals surface area (Å²) < 4.78 is 19.9. The molecule has 1 heterocycles. The van der Waals surface area contributed by atoms with Gasteiger partial charge in [-0.15, -0.1) is 6.07 Å². The number of allylic oxidation sites excluding steroid dienone is 3. The van der Waals surface area contributed by atoms with Gasteiger partial charge in [-0.05, 0) is 35.6 Å². The van der Waals surface area contributed by atoms with Crippen LogP contribution in [0.2, 0.25) is 0 Å². The van der Waals surface area contributed by atoms with Crippen LogP contribution >= 0.6 is 11.6 Å². The van der Waals surface area contributed by atoms with Gasteiger partial charge in [0.15, 0.2) is 0 Å². The van der Waals surface area contributed by atoms with E-state index in [1.165, 1.54) is 18.9 Å². The number of hydrogen-bond acceptors (Lipinski definition) is 2. The molecule has 0 amide bonds. The van der Waals surface area contributed by atoms with Crippen LogP contribution in [0.4, 0.5) is 4.39 Å². The van der Waals surface area contributed by atoms with E-state index in [4.69, 9.17) is 16.3 Å². The molecule has 0 unspecified atom stereocenters. The van der Waals surface area contributed by atoms with Crippen LogP contribution in [0.25, 0.3) is 5.70 Å². The molecule has 22 heavy (non-hydrogen) atoms. The summed E-state index contributed by atoms with van der Waals surface area (Å²) in [7, 11) is 1.79. The van der Waals surface area contributed by atoms with Crippen LogP contribution in [-0.4, -0.2) is 18.6 Å². The largest absolute Gasteiger partial charge is 0.493 e. The molecule has 0 N–H and O–H groups in total. The van der Waals surface area contributed by atoms with E-state index < -0.39 is 0 Å². The number of ether oxygens (including phenoxy) is 1. The molecular weight excluding hydrogens is 378 g/mol. The maximum absolute atomic E-state index is 14.3. The molecule has 2 nitrogen and oxygen atoms in total. The zero-order valence-corrected chi connectivity index (χ0v) is 16.0. The SMILES string of the molecule is C=C1C(Cl)=C[C-]=C(c2ccc(OCC3CC3)cc2F)N1C.[Y]. The monoisotopic (exact) mass is 393 g/mol. The zero-order valence-electron chi connectivity index (χ0n) is 12.4. The summed E-state index contributed by atoms with van der Waals surface area (Å²) in [5, 5.41) is 0.506. The molecule has 1 aromatic carbocycles. The third-order valence-corrected chi connectivity index (χ3v) is 4.06. The Hall–Kier alpha value is -0.636. The molecular formula is C17H16ClFNOY-. The molecule has 1 saturated carbocycles. The maximum atomic E-state index is 14.3. The van der Waals surface area contributed by atoms with Crippen LogP contribution in [0.15, 0.2) is 41.6 Å². The molecule has 1 aromatic rings. The van der Waals surface area contributed by atoms with E-state index in [-0.39, 0.29) is 38.5 Å². The van der Waals surface area contributed by atoms with Crippen molar-refractivity contribution in [1.82, 2.24) is 4.90 Å². The minimum Gasteiger partial charge on any atom is -0.493 e. The standard InChI is InChI=1S/C17H16ClFNO.Y/c1-11-15(18)7-8-17(20(11)2)14-6-5-13(9-16(14)19)21-10-12-3-4-12;/h5-7,9,12H,1,3-4,10H2,2H3;/q-1;. The van der Waals surface area contributed by atoms with E-state index in [2.05, 4.69) is 12.7 Å². The van der Waals surface area contributed by atoms with Gasteiger partial charge in [0.2, 0.25) is 0 Å². The van der Waals surface area contributed by atoms with Gasteiger partial charge in [-0.25, -0.2) is 4.39 Å². The number of rotatable bonds is 4. The normalized spacial score (nSPS) is 17.6. The fourth-order valence-electron chi connectivity index (χ4n) is 2.14. The quantitative estimate of drug-likeness (QED) is 0.706. The summed E-state index contributed by atoms with van der Waals surface area (Å²) in [6, 6.07) is 4.91. The average molecular weight is 394 g/mol. The number of nitrogens with zero attached hydrogens (tertiary/aromatic N) is 1. The molecule has 0 spiro atoms. The molecule has 5 heteroatoms. The van der Waals surface area contributed by atoms with Crippen molar-refractivity contribution in [3.63, 3.8) is 0 Å². The van der Waals surface area contributed by atoms with Crippen molar-refractivity contribution in [2.24, 2.45) is 5.92 Å². The predicted molar refractivity (Wildman–Crippen MR) is 82.1 cm³/mol. The third-order valence-electron chi connectivity index (χ3n) is 3.73. The van der Waals surface area contributed by atoms with Crippen LogP contribution < -0.4 is 4.74 Å². The predicted octanol–water partition coefficient (Wildman–Crippen LogP) is 4.34. The van der Waals surface area contributed by atoms with Crippen molar-refractivity contribution >= 4 is 17.3 Å². The van der Waals surface area contributed by atoms with E-state index >= 15 is 0 Å². The van der Waals surface area contributed by atoms with Gasteiger partial charge < -0.3 is 9.64 Å². The summed E-state index contributed by atoms with van der Waals surface area (Å²) in [5.41, 5.74) is 1.69. The Labute approximate surface area is 160 Å². The Bertz CT molecular complexity index is 652. The van der Waals surface area contributed by atoms with E-state index in [0.29, 0.717) is 40.3 Å². The van der Waals surface area contributed by atoms with Crippen molar-refractivity contribution in [3.05, 3.63) is 59.0 Å². The van der Waals surface area contributed by atoms with Gasteiger partial charge in [-0.3, -0.25) is 0 Å². The van der Waals surface area contributed by atoms with E-state index in [1.807, 2.05) is 0 Å². The molecule has 1 fully saturated rings. The smallest absolute Gasteiger partial charge is 0.120 e. The second-order valence-corrected chi connectivity index (χ2v) is 5.79. The van der Waals surface area contributed by atoms with Crippen molar-refractivity contribution in [2.45, 2.75) is 12.8 Å². The molecule has 2 aliphatic rings. The first-order valence-electron chi connectivity index (χ1n) is 6.91. The topological polar surface area (TPSA) is 12.5 Å². The van der Waals surface area contributed by atoms with Crippen molar-refractivity contribution < 1.29 is 41.8 Å². The van der Waals surface area contributed by atoms with Crippen LogP contribution in [0.1, 0.15) is 18.4 Å². The first-order valence-corrected chi connectivity index (χ1v) is 7.29. The molecule has 1 aliphatic carbocycles. The number of benzene rings is 1. The summed E-state index contributed by atoms with van der Waals surface area (Å²) in [5.74, 6) is 0.871. The van der Waals surface area contributed by atoms with Gasteiger partial charge in [0.1, 0.15) is 5.75 Å². The Morgan fingerprint density at radius 2 is 2.18 bits per heavy atom. The molecule has 0 aromatic heterocycles. The molecule has 1 radical (unpaired) electrons. The second kappa shape index (κ2) is 7.29. The first kappa shape index (κ1) is 17.7. The van der Waals surface area contributed by atoms with E-state index in [1.54, 1.807) is 30.2 Å². The first-order chi connectivity index (χ1) is 10.1. The van der Waals surface area contributed by atoms with Crippen LogP contribution in [0, 0.1) is 17.8 Å². The Morgan fingerprint density at radius 3 is 2.82 bits per heavy atom. The van der Waals surface area contributed by atoms with Crippen molar-refractivity contribution in [1.29, 1.82) is 0 Å². The Morgan fingerprint density at radius 1 is 1.45 bits per heavy atom. The summed E-state index contributed by atoms with van der Waals surface area (Å²) in [6.07, 6.45) is 7.02. The molecule has 113 valence electrons. The van der Waals surface area contributed by atoms with Crippen LogP contribution in [-0.2, 0) is 32.7 Å². The number of likely N-dealkylation sites (N-methyl/N-ethyl adjacent to an activating group) is 1. The zero-order chi connectivity index (χ0) is 15.0. The number of hydrogen-bond donors (Lipinski definition) is 0. The fraction of sp³-hybridized carbons (Fsp3) is 0.294. The summed E-state index contributed by atoms with van der Waals surface area (Å²) >= 11 is 5.99. The average Bonchev–Trinajstić information content (AvgIpc) is 3.28. The molecule has 0 atom stereocenters. The van der Waals surface area contributed by atoms with E-state index in [9.17, 15) is 4.39 Å². The molecule has 1 aliphatic heterocycles. The van der Waals surface area contributed by atoms with Gasteiger partial charge >= 0.3 is 0 Å².